The molecule has 1 atom stereocenters. The summed E-state index contributed by atoms with van der Waals surface area (Å²) in [6.07, 6.45) is 1.84. The van der Waals surface area contributed by atoms with Crippen LogP contribution in [-0.4, -0.2) is 31.4 Å². The van der Waals surface area contributed by atoms with Gasteiger partial charge >= 0.3 is 0 Å². The Bertz CT molecular complexity index is 910. The first-order valence-corrected chi connectivity index (χ1v) is 7.67. The second-order valence-electron chi connectivity index (χ2n) is 5.31. The summed E-state index contributed by atoms with van der Waals surface area (Å²) in [6, 6.07) is 2.61. The van der Waals surface area contributed by atoms with Crippen LogP contribution in [0.15, 0.2) is 24.4 Å². The van der Waals surface area contributed by atoms with Gasteiger partial charge in [0.15, 0.2) is 17.3 Å². The molecule has 0 unspecified atom stereocenters. The monoisotopic (exact) mass is 353 g/mol. The van der Waals surface area contributed by atoms with E-state index < -0.39 is 17.7 Å². The summed E-state index contributed by atoms with van der Waals surface area (Å²) in [4.78, 5) is 8.03. The lowest BCUT2D eigenvalue weighted by Crippen LogP contribution is -2.12. The van der Waals surface area contributed by atoms with Gasteiger partial charge < -0.3 is 10.2 Å². The fourth-order valence-corrected chi connectivity index (χ4v) is 2.94. The second kappa shape index (κ2) is 6.33. The minimum absolute atomic E-state index is 0.197. The van der Waals surface area contributed by atoms with Gasteiger partial charge in [0.05, 0.1) is 17.7 Å². The molecule has 0 spiro atoms. The number of fused-ring (bicyclic) bond motifs is 1. The maximum atomic E-state index is 13.6. The lowest BCUT2D eigenvalue weighted by atomic mass is 10.0. The van der Waals surface area contributed by atoms with Crippen molar-refractivity contribution in [1.82, 2.24) is 14.5 Å². The summed E-state index contributed by atoms with van der Waals surface area (Å²) in [7, 11) is 0. The van der Waals surface area contributed by atoms with Crippen molar-refractivity contribution in [3.05, 3.63) is 41.1 Å². The number of pyridine rings is 1. The average Bonchev–Trinajstić information content (AvgIpc) is 2.88. The molecule has 0 bridgehead atoms. The predicted molar refractivity (Wildman–Crippen MR) is 86.0 cm³/mol. The number of aromatic nitrogens is 3. The number of hydrogen-bond acceptors (Lipinski definition) is 4. The molecule has 0 saturated heterocycles. The van der Waals surface area contributed by atoms with Gasteiger partial charge in [-0.15, -0.1) is 0 Å². The molecule has 0 fully saturated rings. The van der Waals surface area contributed by atoms with Crippen molar-refractivity contribution in [2.24, 2.45) is 0 Å². The number of benzene rings is 1. The number of imidazole rings is 1. The van der Waals surface area contributed by atoms with Crippen LogP contribution in [-0.2, 0) is 0 Å². The van der Waals surface area contributed by atoms with Crippen LogP contribution in [0.25, 0.3) is 22.3 Å². The van der Waals surface area contributed by atoms with Crippen LogP contribution < -0.4 is 0 Å². The molecule has 0 aliphatic carbocycles. The maximum absolute atomic E-state index is 13.6. The SMILES string of the molecule is CC[C@H](CO)n1c(O)nc2ncc(Cl)c(-c3ccc(F)c(F)c3)c21. The van der Waals surface area contributed by atoms with Crippen molar-refractivity contribution < 1.29 is 19.0 Å². The van der Waals surface area contributed by atoms with Crippen molar-refractivity contribution in [3.63, 3.8) is 0 Å². The summed E-state index contributed by atoms with van der Waals surface area (Å²) in [5.74, 6) is -1.99. The highest BCUT2D eigenvalue weighted by atomic mass is 35.5. The molecule has 2 heterocycles. The Morgan fingerprint density at radius 2 is 2.04 bits per heavy atom. The van der Waals surface area contributed by atoms with Crippen molar-refractivity contribution in [3.8, 4) is 17.1 Å². The zero-order valence-electron chi connectivity index (χ0n) is 12.7. The summed E-state index contributed by atoms with van der Waals surface area (Å²) in [6.45, 7) is 1.60. The Balaban J connectivity index is 2.38. The lowest BCUT2D eigenvalue weighted by Gasteiger charge is -2.17. The van der Waals surface area contributed by atoms with Crippen LogP contribution in [0.4, 0.5) is 8.78 Å². The number of aliphatic hydroxyl groups is 1. The van der Waals surface area contributed by atoms with E-state index in [4.69, 9.17) is 11.6 Å². The van der Waals surface area contributed by atoms with Crippen LogP contribution in [0.1, 0.15) is 19.4 Å². The predicted octanol–water partition coefficient (Wildman–Crippen LogP) is 3.68. The van der Waals surface area contributed by atoms with Gasteiger partial charge in [0.1, 0.15) is 5.52 Å². The van der Waals surface area contributed by atoms with Crippen LogP contribution in [0.2, 0.25) is 5.02 Å². The molecule has 2 aromatic heterocycles. The Morgan fingerprint density at radius 3 is 2.67 bits per heavy atom. The topological polar surface area (TPSA) is 71.2 Å². The van der Waals surface area contributed by atoms with Crippen LogP contribution in [0.5, 0.6) is 6.01 Å². The van der Waals surface area contributed by atoms with Gasteiger partial charge in [0.25, 0.3) is 6.01 Å². The van der Waals surface area contributed by atoms with Gasteiger partial charge in [-0.3, -0.25) is 4.57 Å². The van der Waals surface area contributed by atoms with Crippen molar-refractivity contribution in [2.45, 2.75) is 19.4 Å². The van der Waals surface area contributed by atoms with Crippen molar-refractivity contribution in [2.75, 3.05) is 6.61 Å². The van der Waals surface area contributed by atoms with E-state index in [2.05, 4.69) is 9.97 Å². The third-order valence-electron chi connectivity index (χ3n) is 3.91. The molecule has 126 valence electrons. The van der Waals surface area contributed by atoms with E-state index >= 15 is 0 Å². The molecule has 0 radical (unpaired) electrons. The molecule has 1 aromatic carbocycles. The Kier molecular flexibility index (Phi) is 4.38. The fourth-order valence-electron chi connectivity index (χ4n) is 2.69. The zero-order valence-corrected chi connectivity index (χ0v) is 13.4. The maximum Gasteiger partial charge on any atom is 0.296 e. The number of aliphatic hydroxyl groups excluding tert-OH is 1. The van der Waals surface area contributed by atoms with Gasteiger partial charge in [-0.05, 0) is 24.1 Å². The Hall–Kier alpha value is -2.25. The van der Waals surface area contributed by atoms with Gasteiger partial charge in [-0.1, -0.05) is 24.6 Å². The first-order valence-electron chi connectivity index (χ1n) is 7.29. The fraction of sp³-hybridized carbons (Fsp3) is 0.250. The van der Waals surface area contributed by atoms with E-state index in [-0.39, 0.29) is 23.3 Å². The van der Waals surface area contributed by atoms with Crippen molar-refractivity contribution in [1.29, 1.82) is 0 Å². The quantitative estimate of drug-likeness (QED) is 0.750. The first-order chi connectivity index (χ1) is 11.5. The Morgan fingerprint density at radius 1 is 1.29 bits per heavy atom. The molecule has 3 aromatic rings. The Labute approximate surface area is 141 Å². The molecular formula is C16H14ClF2N3O2. The standard InChI is InChI=1S/C16H14ClF2N3O2/c1-2-9(7-23)22-14-13(8-3-4-11(18)12(19)5-8)10(17)6-20-15(14)21-16(22)24/h3-6,9,23H,2,7H2,1H3,(H,20,21,24)/t9-/m1/s1. The van der Waals surface area contributed by atoms with E-state index in [0.29, 0.717) is 23.1 Å². The van der Waals surface area contributed by atoms with E-state index in [0.717, 1.165) is 12.1 Å². The number of rotatable bonds is 4. The summed E-state index contributed by atoms with van der Waals surface area (Å²) < 4.78 is 28.3. The molecule has 2 N–H and O–H groups in total. The largest absolute Gasteiger partial charge is 0.480 e. The summed E-state index contributed by atoms with van der Waals surface area (Å²) in [5.41, 5.74) is 1.23. The van der Waals surface area contributed by atoms with Crippen molar-refractivity contribution >= 4 is 22.8 Å². The normalized spacial score (nSPS) is 12.7. The summed E-state index contributed by atoms with van der Waals surface area (Å²) >= 11 is 6.24. The average molecular weight is 354 g/mol. The van der Waals surface area contributed by atoms with Crippen LogP contribution in [0.3, 0.4) is 0 Å². The smallest absolute Gasteiger partial charge is 0.296 e. The number of nitrogens with zero attached hydrogens (tertiary/aromatic N) is 3. The molecule has 0 amide bonds. The van der Waals surface area contributed by atoms with E-state index in [1.807, 2.05) is 6.92 Å². The number of hydrogen-bond donors (Lipinski definition) is 2. The molecule has 0 saturated carbocycles. The van der Waals surface area contributed by atoms with Gasteiger partial charge in [0.2, 0.25) is 0 Å². The third kappa shape index (κ3) is 2.59. The number of aromatic hydroxyl groups is 1. The van der Waals surface area contributed by atoms with Gasteiger partial charge in [-0.2, -0.15) is 4.98 Å². The molecule has 0 aliphatic rings. The van der Waals surface area contributed by atoms with Crippen LogP contribution in [0, 0.1) is 11.6 Å². The molecular weight excluding hydrogens is 340 g/mol. The molecule has 8 heteroatoms. The molecule has 5 nitrogen and oxygen atoms in total. The van der Waals surface area contributed by atoms with E-state index in [1.54, 1.807) is 0 Å². The second-order valence-corrected chi connectivity index (χ2v) is 5.72. The highest BCUT2D eigenvalue weighted by Gasteiger charge is 2.23. The minimum Gasteiger partial charge on any atom is -0.480 e. The zero-order chi connectivity index (χ0) is 17.4. The molecule has 3 rings (SSSR count). The molecule has 24 heavy (non-hydrogen) atoms. The highest BCUT2D eigenvalue weighted by molar-refractivity contribution is 6.34. The van der Waals surface area contributed by atoms with Crippen LogP contribution >= 0.6 is 11.6 Å². The lowest BCUT2D eigenvalue weighted by molar-refractivity contribution is 0.216. The molecule has 0 aliphatic heterocycles. The van der Waals surface area contributed by atoms with Gasteiger partial charge in [-0.25, -0.2) is 13.8 Å². The minimum atomic E-state index is -1.02. The first kappa shape index (κ1) is 16.6. The van der Waals surface area contributed by atoms with E-state index in [9.17, 15) is 19.0 Å². The third-order valence-corrected chi connectivity index (χ3v) is 4.19. The van der Waals surface area contributed by atoms with Gasteiger partial charge in [0, 0.05) is 11.8 Å². The van der Waals surface area contributed by atoms with E-state index in [1.165, 1.54) is 16.8 Å². The highest BCUT2D eigenvalue weighted by Crippen LogP contribution is 2.38. The number of halogens is 3. The summed E-state index contributed by atoms with van der Waals surface area (Å²) in [5, 5.41) is 19.9.